The fraction of sp³-hybridized carbons (Fsp3) is 0.389. The lowest BCUT2D eigenvalue weighted by atomic mass is 10.1. The number of benzene rings is 1. The van der Waals surface area contributed by atoms with Gasteiger partial charge >= 0.3 is 0 Å². The molecule has 21 heavy (non-hydrogen) atoms. The standard InChI is InChI=1S/C18H25N3/c1-13(2)10-15(4)20-18-14(3)11-17(12-19-18)21-16-8-6-5-7-9-16/h5-9,11-13,15,21H,10H2,1-4H3,(H,19,20). The van der Waals surface area contributed by atoms with E-state index >= 15 is 0 Å². The Morgan fingerprint density at radius 2 is 1.76 bits per heavy atom. The van der Waals surface area contributed by atoms with Crippen molar-refractivity contribution in [2.24, 2.45) is 5.92 Å². The molecule has 112 valence electrons. The minimum absolute atomic E-state index is 0.434. The van der Waals surface area contributed by atoms with Crippen LogP contribution in [-0.2, 0) is 0 Å². The van der Waals surface area contributed by atoms with Crippen molar-refractivity contribution in [3.8, 4) is 0 Å². The Bertz CT molecular complexity index is 564. The van der Waals surface area contributed by atoms with Gasteiger partial charge in [-0.25, -0.2) is 4.98 Å². The van der Waals surface area contributed by atoms with Crippen LogP contribution in [0.3, 0.4) is 0 Å². The minimum Gasteiger partial charge on any atom is -0.367 e. The van der Waals surface area contributed by atoms with Gasteiger partial charge in [0.15, 0.2) is 0 Å². The van der Waals surface area contributed by atoms with Crippen molar-refractivity contribution in [3.63, 3.8) is 0 Å². The van der Waals surface area contributed by atoms with E-state index in [2.05, 4.69) is 49.4 Å². The number of nitrogens with zero attached hydrogens (tertiary/aromatic N) is 1. The molecule has 0 saturated carbocycles. The molecule has 0 amide bonds. The van der Waals surface area contributed by atoms with Gasteiger partial charge in [0.2, 0.25) is 0 Å². The van der Waals surface area contributed by atoms with E-state index in [9.17, 15) is 0 Å². The molecule has 0 aliphatic carbocycles. The summed E-state index contributed by atoms with van der Waals surface area (Å²) in [6.45, 7) is 8.78. The molecule has 1 atom stereocenters. The second kappa shape index (κ2) is 7.11. The number of hydrogen-bond donors (Lipinski definition) is 2. The molecular weight excluding hydrogens is 258 g/mol. The summed E-state index contributed by atoms with van der Waals surface area (Å²) in [7, 11) is 0. The molecule has 3 heteroatoms. The second-order valence-electron chi connectivity index (χ2n) is 6.06. The molecule has 1 aromatic heterocycles. The van der Waals surface area contributed by atoms with Gasteiger partial charge in [0.1, 0.15) is 5.82 Å². The highest BCUT2D eigenvalue weighted by molar-refractivity contribution is 5.62. The number of pyridine rings is 1. The highest BCUT2D eigenvalue weighted by atomic mass is 15.0. The van der Waals surface area contributed by atoms with Crippen molar-refractivity contribution in [3.05, 3.63) is 48.2 Å². The number of anilines is 3. The second-order valence-corrected chi connectivity index (χ2v) is 6.06. The van der Waals surface area contributed by atoms with Crippen LogP contribution in [0.1, 0.15) is 32.8 Å². The van der Waals surface area contributed by atoms with E-state index in [-0.39, 0.29) is 0 Å². The largest absolute Gasteiger partial charge is 0.367 e. The van der Waals surface area contributed by atoms with Crippen molar-refractivity contribution < 1.29 is 0 Å². The maximum atomic E-state index is 4.55. The molecule has 0 aliphatic rings. The number of nitrogens with one attached hydrogen (secondary N) is 2. The topological polar surface area (TPSA) is 37.0 Å². The lowest BCUT2D eigenvalue weighted by molar-refractivity contribution is 0.538. The van der Waals surface area contributed by atoms with Gasteiger partial charge in [-0.15, -0.1) is 0 Å². The molecule has 1 heterocycles. The summed E-state index contributed by atoms with van der Waals surface area (Å²) in [5, 5.41) is 6.86. The van der Waals surface area contributed by atoms with E-state index in [0.717, 1.165) is 29.2 Å². The van der Waals surface area contributed by atoms with E-state index in [1.54, 1.807) is 0 Å². The summed E-state index contributed by atoms with van der Waals surface area (Å²) in [5.74, 6) is 1.66. The number of hydrogen-bond acceptors (Lipinski definition) is 3. The molecule has 1 unspecified atom stereocenters. The van der Waals surface area contributed by atoms with E-state index in [1.165, 1.54) is 0 Å². The summed E-state index contributed by atoms with van der Waals surface area (Å²) in [5.41, 5.74) is 3.25. The molecule has 2 rings (SSSR count). The monoisotopic (exact) mass is 283 g/mol. The Labute approximate surface area is 127 Å². The zero-order chi connectivity index (χ0) is 15.2. The van der Waals surface area contributed by atoms with Crippen LogP contribution >= 0.6 is 0 Å². The number of rotatable bonds is 6. The van der Waals surface area contributed by atoms with Gasteiger partial charge in [0.25, 0.3) is 0 Å². The van der Waals surface area contributed by atoms with E-state index in [1.807, 2.05) is 36.5 Å². The quantitative estimate of drug-likeness (QED) is 0.785. The van der Waals surface area contributed by atoms with Crippen molar-refractivity contribution in [1.82, 2.24) is 4.98 Å². The predicted octanol–water partition coefficient (Wildman–Crippen LogP) is 4.98. The summed E-state index contributed by atoms with van der Waals surface area (Å²) in [6, 6.07) is 12.7. The first-order chi connectivity index (χ1) is 10.0. The van der Waals surface area contributed by atoms with Crippen LogP contribution in [0.2, 0.25) is 0 Å². The first kappa shape index (κ1) is 15.4. The third kappa shape index (κ3) is 4.78. The fourth-order valence-electron chi connectivity index (χ4n) is 2.48. The van der Waals surface area contributed by atoms with Crippen molar-refractivity contribution in [1.29, 1.82) is 0 Å². The lowest BCUT2D eigenvalue weighted by Gasteiger charge is -2.18. The molecule has 3 nitrogen and oxygen atoms in total. The van der Waals surface area contributed by atoms with Crippen molar-refractivity contribution >= 4 is 17.2 Å². The Morgan fingerprint density at radius 1 is 1.05 bits per heavy atom. The van der Waals surface area contributed by atoms with Gasteiger partial charge in [0, 0.05) is 11.7 Å². The highest BCUT2D eigenvalue weighted by Gasteiger charge is 2.08. The van der Waals surface area contributed by atoms with Gasteiger partial charge < -0.3 is 10.6 Å². The van der Waals surface area contributed by atoms with E-state index < -0.39 is 0 Å². The zero-order valence-electron chi connectivity index (χ0n) is 13.4. The molecule has 0 saturated heterocycles. The number of aryl methyl sites for hydroxylation is 1. The van der Waals surface area contributed by atoms with Gasteiger partial charge in [-0.2, -0.15) is 0 Å². The van der Waals surface area contributed by atoms with Gasteiger partial charge in [0.05, 0.1) is 11.9 Å². The van der Waals surface area contributed by atoms with Crippen molar-refractivity contribution in [2.45, 2.75) is 40.2 Å². The van der Waals surface area contributed by atoms with Crippen LogP contribution < -0.4 is 10.6 Å². The van der Waals surface area contributed by atoms with Gasteiger partial charge in [-0.1, -0.05) is 32.0 Å². The number of para-hydroxylation sites is 1. The van der Waals surface area contributed by atoms with Gasteiger partial charge in [-0.3, -0.25) is 0 Å². The summed E-state index contributed by atoms with van der Waals surface area (Å²) in [6.07, 6.45) is 3.02. The Balaban J connectivity index is 2.03. The summed E-state index contributed by atoms with van der Waals surface area (Å²) < 4.78 is 0. The molecule has 2 N–H and O–H groups in total. The summed E-state index contributed by atoms with van der Waals surface area (Å²) in [4.78, 5) is 4.55. The van der Waals surface area contributed by atoms with Crippen LogP contribution in [0.15, 0.2) is 42.6 Å². The molecular formula is C18H25N3. The van der Waals surface area contributed by atoms with E-state index in [4.69, 9.17) is 0 Å². The normalized spacial score (nSPS) is 12.2. The van der Waals surface area contributed by atoms with Crippen LogP contribution in [0.4, 0.5) is 17.2 Å². The molecule has 0 bridgehead atoms. The average molecular weight is 283 g/mol. The Hall–Kier alpha value is -2.03. The molecule has 0 radical (unpaired) electrons. The first-order valence-corrected chi connectivity index (χ1v) is 7.60. The average Bonchev–Trinajstić information content (AvgIpc) is 2.42. The number of aromatic nitrogens is 1. The van der Waals surface area contributed by atoms with Crippen molar-refractivity contribution in [2.75, 3.05) is 10.6 Å². The third-order valence-corrected chi connectivity index (χ3v) is 3.35. The van der Waals surface area contributed by atoms with Crippen LogP contribution in [0, 0.1) is 12.8 Å². The van der Waals surface area contributed by atoms with Crippen LogP contribution in [-0.4, -0.2) is 11.0 Å². The molecule has 0 aliphatic heterocycles. The Morgan fingerprint density at radius 3 is 2.38 bits per heavy atom. The van der Waals surface area contributed by atoms with Crippen LogP contribution in [0.25, 0.3) is 0 Å². The first-order valence-electron chi connectivity index (χ1n) is 7.60. The third-order valence-electron chi connectivity index (χ3n) is 3.35. The minimum atomic E-state index is 0.434. The molecule has 0 fully saturated rings. The highest BCUT2D eigenvalue weighted by Crippen LogP contribution is 2.21. The predicted molar refractivity (Wildman–Crippen MR) is 91.2 cm³/mol. The van der Waals surface area contributed by atoms with Gasteiger partial charge in [-0.05, 0) is 49.9 Å². The van der Waals surface area contributed by atoms with E-state index in [0.29, 0.717) is 12.0 Å². The van der Waals surface area contributed by atoms with Crippen LogP contribution in [0.5, 0.6) is 0 Å². The Kier molecular flexibility index (Phi) is 5.20. The maximum Gasteiger partial charge on any atom is 0.129 e. The fourth-order valence-corrected chi connectivity index (χ4v) is 2.48. The maximum absolute atomic E-state index is 4.55. The SMILES string of the molecule is Cc1cc(Nc2ccccc2)cnc1NC(C)CC(C)C. The molecule has 2 aromatic rings. The molecule has 1 aromatic carbocycles. The molecule has 0 spiro atoms. The summed E-state index contributed by atoms with van der Waals surface area (Å²) >= 11 is 0. The zero-order valence-corrected chi connectivity index (χ0v) is 13.4. The lowest BCUT2D eigenvalue weighted by Crippen LogP contribution is -2.18. The smallest absolute Gasteiger partial charge is 0.129 e.